The van der Waals surface area contributed by atoms with Crippen molar-refractivity contribution in [2.24, 2.45) is 5.92 Å². The lowest BCUT2D eigenvalue weighted by Crippen LogP contribution is -2.34. The lowest BCUT2D eigenvalue weighted by molar-refractivity contribution is 0.0490. The number of benzene rings is 2. The van der Waals surface area contributed by atoms with Crippen LogP contribution in [0.1, 0.15) is 25.0 Å². The van der Waals surface area contributed by atoms with Gasteiger partial charge in [0.2, 0.25) is 0 Å². The van der Waals surface area contributed by atoms with Crippen molar-refractivity contribution in [1.82, 2.24) is 10.8 Å². The zero-order valence-corrected chi connectivity index (χ0v) is 14.1. The van der Waals surface area contributed by atoms with Gasteiger partial charge in [-0.15, -0.1) is 0 Å². The van der Waals surface area contributed by atoms with Gasteiger partial charge in [-0.25, -0.2) is 10.3 Å². The zero-order chi connectivity index (χ0) is 17.2. The third-order valence-corrected chi connectivity index (χ3v) is 3.18. The van der Waals surface area contributed by atoms with Crippen molar-refractivity contribution < 1.29 is 14.4 Å². The fraction of sp³-hybridized carbons (Fsp3) is 0.316. The summed E-state index contributed by atoms with van der Waals surface area (Å²) in [5.74, 6) is 1.28. The van der Waals surface area contributed by atoms with Gasteiger partial charge in [0.05, 0.1) is 13.2 Å². The maximum Gasteiger partial charge on any atom is 0.338 e. The minimum absolute atomic E-state index is 0.326. The van der Waals surface area contributed by atoms with Crippen molar-refractivity contribution in [3.63, 3.8) is 0 Å². The number of carbonyl (C=O) groups excluding carboxylic acids is 1. The number of rotatable bonds is 8. The molecule has 24 heavy (non-hydrogen) atoms. The molecule has 0 saturated heterocycles. The standard InChI is InChI=1S/C19H24N2O3/c1-15(2)13-23-18-10-6-9-17(11-18)12-20-19(22)21-24-14-16-7-4-3-5-8-16/h3-11,15H,12-14H2,1-2H3,(H2,20,21,22). The summed E-state index contributed by atoms with van der Waals surface area (Å²) in [7, 11) is 0. The second kappa shape index (κ2) is 9.57. The highest BCUT2D eigenvalue weighted by Crippen LogP contribution is 2.14. The van der Waals surface area contributed by atoms with Gasteiger partial charge in [-0.2, -0.15) is 0 Å². The highest BCUT2D eigenvalue weighted by Gasteiger charge is 2.03. The third kappa shape index (κ3) is 6.71. The molecule has 0 atom stereocenters. The quantitative estimate of drug-likeness (QED) is 0.727. The molecule has 0 bridgehead atoms. The van der Waals surface area contributed by atoms with Crippen LogP contribution in [0.5, 0.6) is 5.75 Å². The van der Waals surface area contributed by atoms with Crippen LogP contribution in [0.3, 0.4) is 0 Å². The Balaban J connectivity index is 1.70. The average molecular weight is 328 g/mol. The van der Waals surface area contributed by atoms with Gasteiger partial charge >= 0.3 is 6.03 Å². The van der Waals surface area contributed by atoms with Gasteiger partial charge in [-0.3, -0.25) is 4.84 Å². The van der Waals surface area contributed by atoms with Gasteiger partial charge in [-0.1, -0.05) is 56.3 Å². The molecule has 5 nitrogen and oxygen atoms in total. The smallest absolute Gasteiger partial charge is 0.338 e. The van der Waals surface area contributed by atoms with Crippen LogP contribution in [-0.2, 0) is 18.0 Å². The molecule has 2 aromatic carbocycles. The highest BCUT2D eigenvalue weighted by atomic mass is 16.7. The largest absolute Gasteiger partial charge is 0.493 e. The van der Waals surface area contributed by atoms with E-state index in [-0.39, 0.29) is 6.03 Å². The maximum atomic E-state index is 11.7. The van der Waals surface area contributed by atoms with Crippen LogP contribution in [0, 0.1) is 5.92 Å². The van der Waals surface area contributed by atoms with Crippen LogP contribution < -0.4 is 15.5 Å². The summed E-state index contributed by atoms with van der Waals surface area (Å²) >= 11 is 0. The van der Waals surface area contributed by atoms with Crippen molar-refractivity contribution in [1.29, 1.82) is 0 Å². The third-order valence-electron chi connectivity index (χ3n) is 3.18. The van der Waals surface area contributed by atoms with E-state index in [4.69, 9.17) is 9.57 Å². The molecule has 0 heterocycles. The first kappa shape index (κ1) is 17.8. The van der Waals surface area contributed by atoms with Crippen LogP contribution in [0.15, 0.2) is 54.6 Å². The van der Waals surface area contributed by atoms with E-state index in [0.717, 1.165) is 16.9 Å². The number of hydroxylamine groups is 1. The number of amides is 2. The summed E-state index contributed by atoms with van der Waals surface area (Å²) in [6.45, 7) is 5.60. The van der Waals surface area contributed by atoms with E-state index in [2.05, 4.69) is 24.6 Å². The summed E-state index contributed by atoms with van der Waals surface area (Å²) in [5, 5.41) is 2.75. The Morgan fingerprint density at radius 2 is 1.79 bits per heavy atom. The lowest BCUT2D eigenvalue weighted by atomic mass is 10.2. The molecule has 0 aliphatic carbocycles. The van der Waals surface area contributed by atoms with Crippen molar-refractivity contribution >= 4 is 6.03 Å². The molecule has 0 radical (unpaired) electrons. The predicted octanol–water partition coefficient (Wildman–Crippen LogP) is 3.65. The Labute approximate surface area is 142 Å². The predicted molar refractivity (Wildman–Crippen MR) is 93.4 cm³/mol. The fourth-order valence-electron chi connectivity index (χ4n) is 1.99. The number of ether oxygens (including phenoxy) is 1. The molecule has 0 aliphatic heterocycles. The average Bonchev–Trinajstić information content (AvgIpc) is 2.59. The Morgan fingerprint density at radius 1 is 1.04 bits per heavy atom. The van der Waals surface area contributed by atoms with E-state index in [1.54, 1.807) is 0 Å². The lowest BCUT2D eigenvalue weighted by Gasteiger charge is -2.11. The molecule has 0 aromatic heterocycles. The van der Waals surface area contributed by atoms with Crippen LogP contribution >= 0.6 is 0 Å². The van der Waals surface area contributed by atoms with Crippen LogP contribution in [0.4, 0.5) is 4.79 Å². The molecule has 0 spiro atoms. The van der Waals surface area contributed by atoms with Crippen molar-refractivity contribution in [2.45, 2.75) is 27.0 Å². The number of nitrogens with one attached hydrogen (secondary N) is 2. The Morgan fingerprint density at radius 3 is 2.54 bits per heavy atom. The van der Waals surface area contributed by atoms with E-state index in [1.165, 1.54) is 0 Å². The minimum Gasteiger partial charge on any atom is -0.493 e. The summed E-state index contributed by atoms with van der Waals surface area (Å²) in [6.07, 6.45) is 0. The molecule has 128 valence electrons. The first-order chi connectivity index (χ1) is 11.6. The summed E-state index contributed by atoms with van der Waals surface area (Å²) in [4.78, 5) is 16.9. The van der Waals surface area contributed by atoms with Crippen molar-refractivity contribution in [3.05, 3.63) is 65.7 Å². The normalized spacial score (nSPS) is 10.5. The van der Waals surface area contributed by atoms with Crippen LogP contribution in [0.25, 0.3) is 0 Å². The zero-order valence-electron chi connectivity index (χ0n) is 14.1. The maximum absolute atomic E-state index is 11.7. The SMILES string of the molecule is CC(C)COc1cccc(CNC(=O)NOCc2ccccc2)c1. The van der Waals surface area contributed by atoms with E-state index >= 15 is 0 Å². The summed E-state index contributed by atoms with van der Waals surface area (Å²) < 4.78 is 5.68. The van der Waals surface area contributed by atoms with Crippen molar-refractivity contribution in [2.75, 3.05) is 6.61 Å². The summed E-state index contributed by atoms with van der Waals surface area (Å²) in [5.41, 5.74) is 4.34. The second-order valence-corrected chi connectivity index (χ2v) is 5.91. The molecule has 0 aliphatic rings. The molecular formula is C19H24N2O3. The Hall–Kier alpha value is -2.53. The first-order valence-corrected chi connectivity index (χ1v) is 8.05. The number of hydrogen-bond donors (Lipinski definition) is 2. The summed E-state index contributed by atoms with van der Waals surface area (Å²) in [6, 6.07) is 17.0. The second-order valence-electron chi connectivity index (χ2n) is 5.91. The Kier molecular flexibility index (Phi) is 7.11. The van der Waals surface area contributed by atoms with Crippen molar-refractivity contribution in [3.8, 4) is 5.75 Å². The number of carbonyl (C=O) groups is 1. The molecule has 2 aromatic rings. The molecular weight excluding hydrogens is 304 g/mol. The number of hydrogen-bond acceptors (Lipinski definition) is 3. The van der Waals surface area contributed by atoms with Gasteiger partial charge in [0, 0.05) is 6.54 Å². The van der Waals surface area contributed by atoms with Gasteiger partial charge in [-0.05, 0) is 29.2 Å². The molecule has 0 unspecified atom stereocenters. The van der Waals surface area contributed by atoms with Gasteiger partial charge in [0.1, 0.15) is 5.75 Å². The van der Waals surface area contributed by atoms with Gasteiger partial charge < -0.3 is 10.1 Å². The topological polar surface area (TPSA) is 59.6 Å². The van der Waals surface area contributed by atoms with Gasteiger partial charge in [0.25, 0.3) is 0 Å². The number of urea groups is 1. The monoisotopic (exact) mass is 328 g/mol. The molecule has 2 amide bonds. The molecule has 0 saturated carbocycles. The van der Waals surface area contributed by atoms with E-state index in [0.29, 0.717) is 25.7 Å². The first-order valence-electron chi connectivity index (χ1n) is 8.05. The molecule has 0 fully saturated rings. The molecule has 5 heteroatoms. The Bertz CT molecular complexity index is 630. The van der Waals surface area contributed by atoms with Crippen LogP contribution in [-0.4, -0.2) is 12.6 Å². The van der Waals surface area contributed by atoms with E-state index < -0.39 is 0 Å². The molecule has 2 N–H and O–H groups in total. The fourth-order valence-corrected chi connectivity index (χ4v) is 1.99. The highest BCUT2D eigenvalue weighted by molar-refractivity contribution is 5.72. The minimum atomic E-state index is -0.376. The van der Waals surface area contributed by atoms with E-state index in [1.807, 2.05) is 54.6 Å². The van der Waals surface area contributed by atoms with Crippen LogP contribution in [0.2, 0.25) is 0 Å². The van der Waals surface area contributed by atoms with E-state index in [9.17, 15) is 4.79 Å². The van der Waals surface area contributed by atoms with Gasteiger partial charge in [0.15, 0.2) is 0 Å². The molecule has 2 rings (SSSR count).